The Balaban J connectivity index is 2.95. The number of ether oxygens (including phenoxy) is 2. The number of carboxylic acid groups (broad SMARTS) is 1. The first-order valence-corrected chi connectivity index (χ1v) is 10.5. The molecule has 10 nitrogen and oxygen atoms in total. The van der Waals surface area contributed by atoms with Gasteiger partial charge in [0, 0.05) is 0 Å². The number of carbonyl (C=O) groups is 4. The molecule has 33 heavy (non-hydrogen) atoms. The molecule has 1 aromatic carbocycles. The average Bonchev–Trinajstić information content (AvgIpc) is 2.63. The van der Waals surface area contributed by atoms with Crippen LogP contribution in [0.2, 0.25) is 0 Å². The van der Waals surface area contributed by atoms with Crippen molar-refractivity contribution in [2.24, 2.45) is 11.1 Å². The van der Waals surface area contributed by atoms with Crippen LogP contribution in [0.15, 0.2) is 30.3 Å². The first-order chi connectivity index (χ1) is 15.0. The smallest absolute Gasteiger partial charge is 0.409 e. The van der Waals surface area contributed by atoms with E-state index in [-0.39, 0.29) is 13.0 Å². The topological polar surface area (TPSA) is 157 Å². The van der Waals surface area contributed by atoms with E-state index in [0.717, 1.165) is 5.56 Å². The van der Waals surface area contributed by atoms with Crippen LogP contribution in [-0.4, -0.2) is 46.4 Å². The van der Waals surface area contributed by atoms with Gasteiger partial charge in [0.1, 0.15) is 18.2 Å². The maximum atomic E-state index is 13.0. The zero-order valence-electron chi connectivity index (χ0n) is 20.1. The lowest BCUT2D eigenvalue weighted by Gasteiger charge is -2.35. The van der Waals surface area contributed by atoms with E-state index in [0.29, 0.717) is 0 Å². The first-order valence-electron chi connectivity index (χ1n) is 10.5. The molecule has 0 aromatic heterocycles. The summed E-state index contributed by atoms with van der Waals surface area (Å²) in [5.41, 5.74) is 3.64. The van der Waals surface area contributed by atoms with Crippen LogP contribution in [-0.2, 0) is 30.5 Å². The van der Waals surface area contributed by atoms with Gasteiger partial charge in [0.25, 0.3) is 5.91 Å². The van der Waals surface area contributed by atoms with E-state index in [1.54, 1.807) is 65.8 Å². The molecule has 0 heterocycles. The number of aliphatic carboxylic acids is 1. The maximum Gasteiger partial charge on any atom is 0.409 e. The van der Waals surface area contributed by atoms with Crippen molar-refractivity contribution in [2.45, 2.75) is 78.3 Å². The lowest BCUT2D eigenvalue weighted by atomic mass is 9.84. The molecular formula is C23H35N3O7. The number of amides is 2. The average molecular weight is 466 g/mol. The zero-order chi connectivity index (χ0) is 25.4. The number of benzene rings is 1. The molecule has 0 fully saturated rings. The van der Waals surface area contributed by atoms with E-state index < -0.39 is 53.1 Å². The molecule has 1 rings (SSSR count). The highest BCUT2D eigenvalue weighted by molar-refractivity contribution is 5.93. The Morgan fingerprint density at radius 3 is 2.09 bits per heavy atom. The number of nitrogens with one attached hydrogen (secondary N) is 2. The second-order valence-corrected chi connectivity index (χ2v) is 10.1. The number of hydrogen-bond donors (Lipinski definition) is 4. The van der Waals surface area contributed by atoms with E-state index in [1.165, 1.54) is 0 Å². The van der Waals surface area contributed by atoms with E-state index in [4.69, 9.17) is 15.2 Å². The van der Waals surface area contributed by atoms with Crippen LogP contribution in [0.5, 0.6) is 0 Å². The molecule has 0 unspecified atom stereocenters. The summed E-state index contributed by atoms with van der Waals surface area (Å²) in [7, 11) is 0. The van der Waals surface area contributed by atoms with E-state index in [2.05, 4.69) is 10.6 Å². The summed E-state index contributed by atoms with van der Waals surface area (Å²) in [6, 6.07) is 7.31. The van der Waals surface area contributed by atoms with Gasteiger partial charge in [-0.25, -0.2) is 9.59 Å². The van der Waals surface area contributed by atoms with Crippen LogP contribution in [0.4, 0.5) is 4.79 Å². The molecule has 0 bridgehead atoms. The van der Waals surface area contributed by atoms with Crippen LogP contribution >= 0.6 is 0 Å². The minimum absolute atomic E-state index is 0.0367. The molecule has 1 aromatic rings. The Morgan fingerprint density at radius 1 is 1.03 bits per heavy atom. The van der Waals surface area contributed by atoms with Gasteiger partial charge in [-0.1, -0.05) is 51.1 Å². The van der Waals surface area contributed by atoms with Gasteiger partial charge in [0.05, 0.1) is 6.42 Å². The van der Waals surface area contributed by atoms with Crippen LogP contribution in [0.3, 0.4) is 0 Å². The van der Waals surface area contributed by atoms with Gasteiger partial charge in [-0.2, -0.15) is 0 Å². The lowest BCUT2D eigenvalue weighted by molar-refractivity contribution is -0.158. The summed E-state index contributed by atoms with van der Waals surface area (Å²) < 4.78 is 10.3. The van der Waals surface area contributed by atoms with E-state index in [9.17, 15) is 24.3 Å². The third-order valence-corrected chi connectivity index (χ3v) is 4.15. The number of esters is 1. The molecule has 184 valence electrons. The molecule has 0 spiro atoms. The predicted octanol–water partition coefficient (Wildman–Crippen LogP) is 2.31. The van der Waals surface area contributed by atoms with Crippen molar-refractivity contribution < 1.29 is 33.8 Å². The third kappa shape index (κ3) is 10.8. The molecule has 2 amide bonds. The fraction of sp³-hybridized carbons (Fsp3) is 0.565. The highest BCUT2D eigenvalue weighted by atomic mass is 16.6. The van der Waals surface area contributed by atoms with Crippen molar-refractivity contribution >= 4 is 23.9 Å². The largest absolute Gasteiger partial charge is 0.480 e. The summed E-state index contributed by atoms with van der Waals surface area (Å²) in [5.74, 6) is -3.21. The standard InChI is InChI=1S/C23H35N3O7/c1-21(2,3)14-23(24,26-20(31)32-13-15-10-8-7-9-11-15)19(30)25-16(18(28)29)12-17(27)33-22(4,5)6/h7-11,16H,12-14,24H2,1-6H3,(H,25,30)(H,26,31)(H,28,29)/t16-,23-/m0/s1. The van der Waals surface area contributed by atoms with Crippen LogP contribution < -0.4 is 16.4 Å². The Kier molecular flexibility index (Phi) is 9.41. The number of nitrogens with two attached hydrogens (primary N) is 1. The second-order valence-electron chi connectivity index (χ2n) is 10.1. The molecular weight excluding hydrogens is 430 g/mol. The Bertz CT molecular complexity index is 844. The number of hydrogen-bond acceptors (Lipinski definition) is 7. The number of rotatable bonds is 9. The fourth-order valence-corrected chi connectivity index (χ4v) is 3.00. The van der Waals surface area contributed by atoms with Gasteiger partial charge in [0.2, 0.25) is 0 Å². The predicted molar refractivity (Wildman–Crippen MR) is 121 cm³/mol. The number of carboxylic acids is 1. The van der Waals surface area contributed by atoms with Gasteiger partial charge in [-0.3, -0.25) is 14.9 Å². The van der Waals surface area contributed by atoms with Crippen molar-refractivity contribution in [3.63, 3.8) is 0 Å². The Labute approximate surface area is 194 Å². The maximum absolute atomic E-state index is 13.0. The molecule has 10 heteroatoms. The van der Waals surface area contributed by atoms with Crippen molar-refractivity contribution in [3.8, 4) is 0 Å². The highest BCUT2D eigenvalue weighted by Crippen LogP contribution is 2.25. The summed E-state index contributed by atoms with van der Waals surface area (Å²) in [4.78, 5) is 49.1. The summed E-state index contributed by atoms with van der Waals surface area (Å²) in [6.45, 7) is 10.3. The lowest BCUT2D eigenvalue weighted by Crippen LogP contribution is -2.68. The fourth-order valence-electron chi connectivity index (χ4n) is 3.00. The Morgan fingerprint density at radius 2 is 1.61 bits per heavy atom. The van der Waals surface area contributed by atoms with Crippen molar-refractivity contribution in [3.05, 3.63) is 35.9 Å². The SMILES string of the molecule is CC(C)(C)C[C@](N)(NC(=O)OCc1ccccc1)C(=O)N[C@@H](CC(=O)OC(C)(C)C)C(=O)O. The van der Waals surface area contributed by atoms with E-state index >= 15 is 0 Å². The van der Waals surface area contributed by atoms with Crippen LogP contribution in [0.1, 0.15) is 59.9 Å². The molecule has 0 radical (unpaired) electrons. The van der Waals surface area contributed by atoms with Gasteiger partial charge in [0.15, 0.2) is 5.66 Å². The van der Waals surface area contributed by atoms with Crippen LogP contribution in [0.25, 0.3) is 0 Å². The zero-order valence-corrected chi connectivity index (χ0v) is 20.1. The summed E-state index contributed by atoms with van der Waals surface area (Å²) in [5, 5.41) is 14.1. The summed E-state index contributed by atoms with van der Waals surface area (Å²) in [6.07, 6.45) is -1.59. The third-order valence-electron chi connectivity index (χ3n) is 4.15. The van der Waals surface area contributed by atoms with Crippen molar-refractivity contribution in [2.75, 3.05) is 0 Å². The molecule has 0 saturated carbocycles. The van der Waals surface area contributed by atoms with Gasteiger partial charge < -0.3 is 25.6 Å². The quantitative estimate of drug-likeness (QED) is 0.320. The second kappa shape index (κ2) is 11.1. The van der Waals surface area contributed by atoms with Crippen molar-refractivity contribution in [1.82, 2.24) is 10.6 Å². The first kappa shape index (κ1) is 27.9. The summed E-state index contributed by atoms with van der Waals surface area (Å²) >= 11 is 0. The van der Waals surface area contributed by atoms with Gasteiger partial charge >= 0.3 is 18.0 Å². The van der Waals surface area contributed by atoms with Gasteiger partial charge in [-0.05, 0) is 38.2 Å². The molecule has 0 aliphatic carbocycles. The minimum Gasteiger partial charge on any atom is -0.480 e. The molecule has 5 N–H and O–H groups in total. The molecule has 2 atom stereocenters. The normalized spacial score (nSPS) is 14.4. The molecule has 0 saturated heterocycles. The van der Waals surface area contributed by atoms with Crippen LogP contribution in [0, 0.1) is 5.41 Å². The number of carbonyl (C=O) groups excluding carboxylic acids is 3. The van der Waals surface area contributed by atoms with E-state index in [1.807, 2.05) is 6.07 Å². The molecule has 0 aliphatic heterocycles. The minimum atomic E-state index is -1.99. The monoisotopic (exact) mass is 465 g/mol. The highest BCUT2D eigenvalue weighted by Gasteiger charge is 2.42. The number of alkyl carbamates (subject to hydrolysis) is 1. The van der Waals surface area contributed by atoms with Crippen molar-refractivity contribution in [1.29, 1.82) is 0 Å². The Hall–Kier alpha value is -3.14. The molecule has 0 aliphatic rings. The van der Waals surface area contributed by atoms with Gasteiger partial charge in [-0.15, -0.1) is 0 Å².